The van der Waals surface area contributed by atoms with Gasteiger partial charge in [0, 0.05) is 39.1 Å². The number of amides is 1. The maximum absolute atomic E-state index is 11.5. The lowest BCUT2D eigenvalue weighted by molar-refractivity contribution is -0.128. The molecule has 0 aliphatic heterocycles. The van der Waals surface area contributed by atoms with Gasteiger partial charge in [0.15, 0.2) is 0 Å². The molecular weight excluding hydrogens is 226 g/mol. The molecule has 0 aromatic heterocycles. The molecule has 0 heterocycles. The lowest BCUT2D eigenvalue weighted by atomic mass is 10.1. The molecule has 0 fully saturated rings. The van der Waals surface area contributed by atoms with E-state index in [-0.39, 0.29) is 18.0 Å². The molecule has 1 amide bonds. The van der Waals surface area contributed by atoms with Crippen molar-refractivity contribution in [1.82, 2.24) is 10.2 Å². The van der Waals surface area contributed by atoms with E-state index in [1.165, 1.54) is 11.1 Å². The monoisotopic (exact) mass is 247 g/mol. The molecule has 1 aromatic rings. The van der Waals surface area contributed by atoms with E-state index < -0.39 is 0 Å². The van der Waals surface area contributed by atoms with Crippen LogP contribution in [0.3, 0.4) is 0 Å². The quantitative estimate of drug-likeness (QED) is 0.840. The van der Waals surface area contributed by atoms with Crippen molar-refractivity contribution in [3.05, 3.63) is 35.4 Å². The summed E-state index contributed by atoms with van der Waals surface area (Å²) in [5.74, 6) is 0.151. The van der Waals surface area contributed by atoms with E-state index in [0.29, 0.717) is 13.0 Å². The van der Waals surface area contributed by atoms with Crippen molar-refractivity contribution in [3.8, 4) is 0 Å². The van der Waals surface area contributed by atoms with Gasteiger partial charge >= 0.3 is 0 Å². The molecule has 1 aromatic carbocycles. The van der Waals surface area contributed by atoms with Crippen LogP contribution in [0.5, 0.6) is 0 Å². The van der Waals surface area contributed by atoms with Crippen molar-refractivity contribution < 1.29 is 4.79 Å². The third kappa shape index (κ3) is 2.71. The largest absolute Gasteiger partial charge is 0.349 e. The van der Waals surface area contributed by atoms with Crippen LogP contribution >= 0.6 is 0 Å². The van der Waals surface area contributed by atoms with Gasteiger partial charge in [0.05, 0.1) is 0 Å². The number of benzene rings is 1. The van der Waals surface area contributed by atoms with E-state index in [4.69, 9.17) is 5.73 Å². The van der Waals surface area contributed by atoms with Crippen molar-refractivity contribution in [2.45, 2.75) is 24.9 Å². The Labute approximate surface area is 108 Å². The smallest absolute Gasteiger partial charge is 0.223 e. The number of fused-ring (bicyclic) bond motifs is 1. The second-order valence-corrected chi connectivity index (χ2v) is 5.02. The molecule has 2 atom stereocenters. The van der Waals surface area contributed by atoms with Gasteiger partial charge in [-0.3, -0.25) is 4.79 Å². The van der Waals surface area contributed by atoms with Crippen LogP contribution in [-0.4, -0.2) is 31.4 Å². The number of hydrogen-bond donors (Lipinski definition) is 2. The van der Waals surface area contributed by atoms with E-state index in [9.17, 15) is 4.79 Å². The molecular formula is C14H21N3O. The first-order chi connectivity index (χ1) is 8.59. The number of nitrogens with one attached hydrogen (secondary N) is 1. The maximum atomic E-state index is 11.5. The molecule has 0 bridgehead atoms. The zero-order valence-corrected chi connectivity index (χ0v) is 11.0. The van der Waals surface area contributed by atoms with E-state index >= 15 is 0 Å². The van der Waals surface area contributed by atoms with Crippen LogP contribution < -0.4 is 11.1 Å². The zero-order valence-electron chi connectivity index (χ0n) is 11.0. The van der Waals surface area contributed by atoms with Gasteiger partial charge in [-0.15, -0.1) is 0 Å². The minimum absolute atomic E-state index is 0.114. The highest BCUT2D eigenvalue weighted by Gasteiger charge is 2.27. The van der Waals surface area contributed by atoms with Crippen LogP contribution in [0.4, 0.5) is 0 Å². The highest BCUT2D eigenvalue weighted by atomic mass is 16.2. The van der Waals surface area contributed by atoms with Gasteiger partial charge in [-0.2, -0.15) is 0 Å². The summed E-state index contributed by atoms with van der Waals surface area (Å²) in [4.78, 5) is 13.1. The Balaban J connectivity index is 1.91. The molecule has 1 aliphatic rings. The van der Waals surface area contributed by atoms with Gasteiger partial charge in [-0.25, -0.2) is 0 Å². The lowest BCUT2D eigenvalue weighted by Crippen LogP contribution is -2.28. The second kappa shape index (κ2) is 5.50. The summed E-state index contributed by atoms with van der Waals surface area (Å²) in [5.41, 5.74) is 8.61. The third-order valence-electron chi connectivity index (χ3n) is 3.49. The Morgan fingerprint density at radius 3 is 2.72 bits per heavy atom. The molecule has 98 valence electrons. The average Bonchev–Trinajstić information content (AvgIpc) is 2.67. The summed E-state index contributed by atoms with van der Waals surface area (Å²) >= 11 is 0. The van der Waals surface area contributed by atoms with Gasteiger partial charge in [-0.1, -0.05) is 24.3 Å². The highest BCUT2D eigenvalue weighted by Crippen LogP contribution is 2.36. The molecule has 18 heavy (non-hydrogen) atoms. The molecule has 0 spiro atoms. The molecule has 2 rings (SSSR count). The fourth-order valence-corrected chi connectivity index (χ4v) is 2.44. The fourth-order valence-electron chi connectivity index (χ4n) is 2.44. The van der Waals surface area contributed by atoms with Crippen molar-refractivity contribution in [2.75, 3.05) is 20.6 Å². The molecule has 0 radical (unpaired) electrons. The summed E-state index contributed by atoms with van der Waals surface area (Å²) in [5, 5.41) is 3.43. The van der Waals surface area contributed by atoms with Gasteiger partial charge in [-0.05, 0) is 17.5 Å². The summed E-state index contributed by atoms with van der Waals surface area (Å²) < 4.78 is 0. The van der Waals surface area contributed by atoms with Gasteiger partial charge in [0.2, 0.25) is 5.91 Å². The predicted octanol–water partition coefficient (Wildman–Crippen LogP) is 1.20. The standard InChI is InChI=1S/C14H21N3O/c1-17(2)14(18)7-8-16-13-9-12(15)10-5-3-4-6-11(10)13/h3-6,12-13,16H,7-9,15H2,1-2H3. The first-order valence-corrected chi connectivity index (χ1v) is 6.37. The van der Waals surface area contributed by atoms with Crippen LogP contribution in [0.1, 0.15) is 36.1 Å². The zero-order chi connectivity index (χ0) is 13.1. The molecule has 0 saturated carbocycles. The maximum Gasteiger partial charge on any atom is 0.223 e. The van der Waals surface area contributed by atoms with Crippen molar-refractivity contribution in [2.24, 2.45) is 5.73 Å². The minimum atomic E-state index is 0.114. The number of carbonyl (C=O) groups is 1. The fraction of sp³-hybridized carbons (Fsp3) is 0.500. The van der Waals surface area contributed by atoms with Crippen LogP contribution in [-0.2, 0) is 4.79 Å². The van der Waals surface area contributed by atoms with Gasteiger partial charge in [0.1, 0.15) is 0 Å². The van der Waals surface area contributed by atoms with Crippen LogP contribution in [0.25, 0.3) is 0 Å². The van der Waals surface area contributed by atoms with Crippen molar-refractivity contribution >= 4 is 5.91 Å². The molecule has 3 N–H and O–H groups in total. The first-order valence-electron chi connectivity index (χ1n) is 6.37. The van der Waals surface area contributed by atoms with Gasteiger partial charge < -0.3 is 16.0 Å². The van der Waals surface area contributed by atoms with Gasteiger partial charge in [0.25, 0.3) is 0 Å². The summed E-state index contributed by atoms with van der Waals surface area (Å²) in [7, 11) is 3.56. The number of rotatable bonds is 4. The molecule has 2 unspecified atom stereocenters. The highest BCUT2D eigenvalue weighted by molar-refractivity contribution is 5.75. The Morgan fingerprint density at radius 1 is 1.39 bits per heavy atom. The summed E-state index contributed by atoms with van der Waals surface area (Å²) in [6, 6.07) is 8.67. The Morgan fingerprint density at radius 2 is 2.06 bits per heavy atom. The number of nitrogens with zero attached hydrogens (tertiary/aromatic N) is 1. The molecule has 0 saturated heterocycles. The molecule has 1 aliphatic carbocycles. The number of carbonyl (C=O) groups excluding carboxylic acids is 1. The first kappa shape index (κ1) is 13.1. The van der Waals surface area contributed by atoms with Crippen LogP contribution in [0.2, 0.25) is 0 Å². The topological polar surface area (TPSA) is 58.4 Å². The Kier molecular flexibility index (Phi) is 3.99. The van der Waals surface area contributed by atoms with Crippen molar-refractivity contribution in [3.63, 3.8) is 0 Å². The third-order valence-corrected chi connectivity index (χ3v) is 3.49. The Bertz CT molecular complexity index is 431. The number of nitrogens with two attached hydrogens (primary N) is 1. The van der Waals surface area contributed by atoms with E-state index in [2.05, 4.69) is 17.4 Å². The normalized spacial score (nSPS) is 21.7. The van der Waals surface area contributed by atoms with E-state index in [1.807, 2.05) is 12.1 Å². The summed E-state index contributed by atoms with van der Waals surface area (Å²) in [6.07, 6.45) is 1.44. The van der Waals surface area contributed by atoms with Crippen molar-refractivity contribution in [1.29, 1.82) is 0 Å². The minimum Gasteiger partial charge on any atom is -0.349 e. The van der Waals surface area contributed by atoms with Crippen LogP contribution in [0.15, 0.2) is 24.3 Å². The predicted molar refractivity (Wildman–Crippen MR) is 72.0 cm³/mol. The van der Waals surface area contributed by atoms with E-state index in [1.54, 1.807) is 19.0 Å². The molecule has 4 nitrogen and oxygen atoms in total. The SMILES string of the molecule is CN(C)C(=O)CCNC1CC(N)c2ccccc21. The van der Waals surface area contributed by atoms with Crippen LogP contribution in [0, 0.1) is 0 Å². The van der Waals surface area contributed by atoms with E-state index in [0.717, 1.165) is 6.42 Å². The second-order valence-electron chi connectivity index (χ2n) is 5.02. The lowest BCUT2D eigenvalue weighted by Gasteiger charge is -2.15. The number of hydrogen-bond acceptors (Lipinski definition) is 3. The average molecular weight is 247 g/mol. The Hall–Kier alpha value is -1.39. The summed E-state index contributed by atoms with van der Waals surface area (Å²) in [6.45, 7) is 0.697. The molecule has 4 heteroatoms.